The number of nitrogens with two attached hydrogens (primary N) is 1. The Balaban J connectivity index is 2.91. The maximum absolute atomic E-state index is 12.0. The van der Waals surface area contributed by atoms with Gasteiger partial charge in [-0.1, -0.05) is 0 Å². The Hall–Kier alpha value is -3.12. The number of allylic oxidation sites excluding steroid dienone is 2. The van der Waals surface area contributed by atoms with E-state index in [9.17, 15) is 14.7 Å². The van der Waals surface area contributed by atoms with Crippen LogP contribution in [0.15, 0.2) is 23.3 Å². The zero-order valence-corrected chi connectivity index (χ0v) is 8.89. The summed E-state index contributed by atoms with van der Waals surface area (Å²) in [6.45, 7) is 0. The fourth-order valence-corrected chi connectivity index (χ4v) is 1.77. The number of hydrogen-bond donors (Lipinski definition) is 2. The molecule has 0 saturated heterocycles. The largest absolute Gasteiger partial charge is 0.507 e. The van der Waals surface area contributed by atoms with Gasteiger partial charge in [0.05, 0.1) is 11.1 Å². The molecule has 18 heavy (non-hydrogen) atoms. The third-order valence-corrected chi connectivity index (χ3v) is 2.60. The number of nitrogens with zero attached hydrogens (tertiary/aromatic N) is 2. The van der Waals surface area contributed by atoms with Crippen molar-refractivity contribution in [3.63, 3.8) is 0 Å². The molecule has 0 aromatic heterocycles. The van der Waals surface area contributed by atoms with Gasteiger partial charge in [0.1, 0.15) is 29.0 Å². The van der Waals surface area contributed by atoms with Crippen molar-refractivity contribution in [1.29, 1.82) is 10.5 Å². The summed E-state index contributed by atoms with van der Waals surface area (Å²) in [6.07, 6.45) is 0. The van der Waals surface area contributed by atoms with Gasteiger partial charge in [-0.2, -0.15) is 10.5 Å². The van der Waals surface area contributed by atoms with Gasteiger partial charge in [0, 0.05) is 5.69 Å². The van der Waals surface area contributed by atoms with E-state index in [0.717, 1.165) is 6.07 Å². The number of anilines is 1. The van der Waals surface area contributed by atoms with Gasteiger partial charge in [-0.3, -0.25) is 9.59 Å². The second-order valence-electron chi connectivity index (χ2n) is 3.56. The second kappa shape index (κ2) is 3.72. The maximum Gasteiger partial charge on any atom is 0.209 e. The van der Waals surface area contributed by atoms with E-state index < -0.39 is 28.5 Å². The van der Waals surface area contributed by atoms with E-state index >= 15 is 0 Å². The molecule has 0 amide bonds. The molecule has 6 heteroatoms. The number of hydrogen-bond acceptors (Lipinski definition) is 6. The van der Waals surface area contributed by atoms with Gasteiger partial charge in [0.25, 0.3) is 0 Å². The summed E-state index contributed by atoms with van der Waals surface area (Å²) in [6, 6.07) is 5.44. The van der Waals surface area contributed by atoms with Crippen molar-refractivity contribution in [3.8, 4) is 17.9 Å². The normalized spacial score (nSPS) is 13.9. The van der Waals surface area contributed by atoms with Crippen molar-refractivity contribution in [2.75, 3.05) is 5.73 Å². The number of aromatic hydroxyl groups is 1. The molecule has 0 spiro atoms. The highest BCUT2D eigenvalue weighted by Gasteiger charge is 2.36. The van der Waals surface area contributed by atoms with Crippen LogP contribution in [0.2, 0.25) is 0 Å². The fourth-order valence-electron chi connectivity index (χ4n) is 1.77. The maximum atomic E-state index is 12.0. The lowest BCUT2D eigenvalue weighted by molar-refractivity contribution is 0.0980. The van der Waals surface area contributed by atoms with Crippen LogP contribution in [0.25, 0.3) is 0 Å². The number of ketones is 2. The molecule has 2 rings (SSSR count). The molecular weight excluding hydrogens is 234 g/mol. The second-order valence-corrected chi connectivity index (χ2v) is 3.56. The van der Waals surface area contributed by atoms with E-state index in [0.29, 0.717) is 0 Å². The Morgan fingerprint density at radius 2 is 1.50 bits per heavy atom. The number of benzene rings is 1. The van der Waals surface area contributed by atoms with Crippen LogP contribution in [0.4, 0.5) is 5.69 Å². The fraction of sp³-hybridized carbons (Fsp3) is 0. The predicted molar refractivity (Wildman–Crippen MR) is 59.4 cm³/mol. The third-order valence-electron chi connectivity index (χ3n) is 2.60. The number of carbonyl (C=O) groups is 2. The van der Waals surface area contributed by atoms with E-state index in [-0.39, 0.29) is 16.8 Å². The van der Waals surface area contributed by atoms with Crippen LogP contribution in [-0.4, -0.2) is 16.7 Å². The van der Waals surface area contributed by atoms with Gasteiger partial charge in [-0.05, 0) is 12.1 Å². The standard InChI is InChI=1S/C12H5N3O3/c13-3-5-6(4-14)12(18)10-8(16)2-1-7(15)9(10)11(5)17/h1-2,16H,15H2. The number of nitrogen functional groups attached to an aromatic ring is 1. The number of phenolic OH excluding ortho intramolecular Hbond substituents is 1. The molecule has 0 bridgehead atoms. The average Bonchev–Trinajstić information content (AvgIpc) is 2.35. The summed E-state index contributed by atoms with van der Waals surface area (Å²) in [5, 5.41) is 27.3. The highest BCUT2D eigenvalue weighted by atomic mass is 16.3. The summed E-state index contributed by atoms with van der Waals surface area (Å²) in [5.41, 5.74) is 3.87. The molecular formula is C12H5N3O3. The molecule has 3 N–H and O–H groups in total. The molecule has 0 fully saturated rings. The molecule has 0 aliphatic heterocycles. The Morgan fingerprint density at radius 3 is 2.00 bits per heavy atom. The smallest absolute Gasteiger partial charge is 0.209 e. The quantitative estimate of drug-likeness (QED) is 0.506. The number of carbonyl (C=O) groups excluding carboxylic acids is 2. The number of nitriles is 2. The van der Waals surface area contributed by atoms with E-state index in [2.05, 4.69) is 0 Å². The molecule has 1 aromatic rings. The molecule has 0 atom stereocenters. The van der Waals surface area contributed by atoms with Crippen molar-refractivity contribution in [2.45, 2.75) is 0 Å². The van der Waals surface area contributed by atoms with Crippen molar-refractivity contribution in [1.82, 2.24) is 0 Å². The molecule has 1 aliphatic carbocycles. The van der Waals surface area contributed by atoms with Crippen molar-refractivity contribution < 1.29 is 14.7 Å². The minimum atomic E-state index is -0.867. The molecule has 86 valence electrons. The Labute approximate surface area is 101 Å². The minimum Gasteiger partial charge on any atom is -0.507 e. The van der Waals surface area contributed by atoms with Gasteiger partial charge >= 0.3 is 0 Å². The summed E-state index contributed by atoms with van der Waals surface area (Å²) in [7, 11) is 0. The topological polar surface area (TPSA) is 128 Å². The van der Waals surface area contributed by atoms with Gasteiger partial charge in [0.2, 0.25) is 11.6 Å². The number of rotatable bonds is 0. The van der Waals surface area contributed by atoms with Crippen LogP contribution >= 0.6 is 0 Å². The number of fused-ring (bicyclic) bond motifs is 1. The van der Waals surface area contributed by atoms with Gasteiger partial charge < -0.3 is 10.8 Å². The Kier molecular flexibility index (Phi) is 2.35. The number of phenols is 1. The van der Waals surface area contributed by atoms with Crippen LogP contribution in [0.1, 0.15) is 20.7 Å². The van der Waals surface area contributed by atoms with Crippen LogP contribution in [0.5, 0.6) is 5.75 Å². The molecule has 0 unspecified atom stereocenters. The molecule has 1 aliphatic rings. The summed E-state index contributed by atoms with van der Waals surface area (Å²) in [5.74, 6) is -2.13. The van der Waals surface area contributed by atoms with E-state index in [4.69, 9.17) is 16.3 Å². The first kappa shape index (κ1) is 11.4. The van der Waals surface area contributed by atoms with Crippen molar-refractivity contribution >= 4 is 17.3 Å². The summed E-state index contributed by atoms with van der Waals surface area (Å²) in [4.78, 5) is 23.9. The monoisotopic (exact) mass is 239 g/mol. The van der Waals surface area contributed by atoms with E-state index in [1.807, 2.05) is 0 Å². The Bertz CT molecular complexity index is 656. The Morgan fingerprint density at radius 1 is 1.00 bits per heavy atom. The van der Waals surface area contributed by atoms with Crippen molar-refractivity contribution in [3.05, 3.63) is 34.4 Å². The third kappa shape index (κ3) is 1.27. The SMILES string of the molecule is N#CC1=C(C#N)C(=O)c2c(O)ccc(N)c2C1=O. The highest BCUT2D eigenvalue weighted by Crippen LogP contribution is 2.34. The first-order valence-electron chi connectivity index (χ1n) is 4.78. The summed E-state index contributed by atoms with van der Waals surface area (Å²) < 4.78 is 0. The summed E-state index contributed by atoms with van der Waals surface area (Å²) >= 11 is 0. The van der Waals surface area contributed by atoms with Crippen LogP contribution in [0, 0.1) is 22.7 Å². The van der Waals surface area contributed by atoms with Gasteiger partial charge in [0.15, 0.2) is 0 Å². The minimum absolute atomic E-state index is 0.0223. The van der Waals surface area contributed by atoms with Gasteiger partial charge in [-0.15, -0.1) is 0 Å². The van der Waals surface area contributed by atoms with E-state index in [1.165, 1.54) is 18.2 Å². The molecule has 6 nitrogen and oxygen atoms in total. The number of Topliss-reactive ketones (excluding diaryl/α,β-unsaturated/α-hetero) is 2. The lowest BCUT2D eigenvalue weighted by Gasteiger charge is -2.16. The zero-order chi connectivity index (χ0) is 13.4. The molecule has 0 heterocycles. The highest BCUT2D eigenvalue weighted by molar-refractivity contribution is 6.32. The molecule has 0 saturated carbocycles. The lowest BCUT2D eigenvalue weighted by atomic mass is 9.83. The van der Waals surface area contributed by atoms with Crippen LogP contribution in [-0.2, 0) is 0 Å². The molecule has 1 aromatic carbocycles. The van der Waals surface area contributed by atoms with Crippen LogP contribution < -0.4 is 5.73 Å². The first-order valence-corrected chi connectivity index (χ1v) is 4.78. The predicted octanol–water partition coefficient (Wildman–Crippen LogP) is 0.697. The lowest BCUT2D eigenvalue weighted by Crippen LogP contribution is -2.22. The van der Waals surface area contributed by atoms with Crippen LogP contribution in [0.3, 0.4) is 0 Å². The van der Waals surface area contributed by atoms with E-state index in [1.54, 1.807) is 0 Å². The molecule has 0 radical (unpaired) electrons. The zero-order valence-electron chi connectivity index (χ0n) is 8.89. The first-order chi connectivity index (χ1) is 8.52. The average molecular weight is 239 g/mol. The van der Waals surface area contributed by atoms with Crippen molar-refractivity contribution in [2.24, 2.45) is 0 Å². The van der Waals surface area contributed by atoms with Gasteiger partial charge in [-0.25, -0.2) is 0 Å².